The van der Waals surface area contributed by atoms with Crippen LogP contribution in [-0.2, 0) is 17.8 Å². The van der Waals surface area contributed by atoms with Gasteiger partial charge in [-0.3, -0.25) is 9.69 Å². The van der Waals surface area contributed by atoms with Crippen molar-refractivity contribution in [1.29, 1.82) is 0 Å². The fourth-order valence-electron chi connectivity index (χ4n) is 3.77. The van der Waals surface area contributed by atoms with Gasteiger partial charge >= 0.3 is 0 Å². The molecule has 2 aliphatic rings. The molecular weight excluding hydrogens is 300 g/mol. The number of amides is 1. The zero-order valence-electron chi connectivity index (χ0n) is 15.2. The molecule has 1 saturated heterocycles. The van der Waals surface area contributed by atoms with Crippen LogP contribution in [0.4, 0.5) is 0 Å². The van der Waals surface area contributed by atoms with Crippen molar-refractivity contribution in [2.45, 2.75) is 58.6 Å². The lowest BCUT2D eigenvalue weighted by atomic mass is 9.95. The van der Waals surface area contributed by atoms with E-state index in [0.29, 0.717) is 0 Å². The van der Waals surface area contributed by atoms with E-state index < -0.39 is 0 Å². The molecule has 1 fully saturated rings. The van der Waals surface area contributed by atoms with Crippen molar-refractivity contribution in [3.8, 4) is 5.75 Å². The highest BCUT2D eigenvalue weighted by Crippen LogP contribution is 2.35. The third-order valence-corrected chi connectivity index (χ3v) is 5.04. The number of fused-ring (bicyclic) bond motifs is 1. The Morgan fingerprint density at radius 1 is 1.33 bits per heavy atom. The number of carbonyl (C=O) groups is 1. The van der Waals surface area contributed by atoms with E-state index in [9.17, 15) is 4.79 Å². The normalized spacial score (nSPS) is 20.5. The van der Waals surface area contributed by atoms with Crippen LogP contribution in [0.2, 0.25) is 0 Å². The van der Waals surface area contributed by atoms with E-state index in [0.717, 1.165) is 57.6 Å². The largest absolute Gasteiger partial charge is 0.487 e. The van der Waals surface area contributed by atoms with Crippen LogP contribution in [0.25, 0.3) is 0 Å². The van der Waals surface area contributed by atoms with Gasteiger partial charge in [0.05, 0.1) is 0 Å². The molecule has 2 aliphatic heterocycles. The maximum Gasteiger partial charge on any atom is 0.223 e. The van der Waals surface area contributed by atoms with Crippen LogP contribution in [-0.4, -0.2) is 36.0 Å². The Balaban J connectivity index is 1.51. The minimum Gasteiger partial charge on any atom is -0.487 e. The summed E-state index contributed by atoms with van der Waals surface area (Å²) in [4.78, 5) is 14.5. The molecule has 0 aromatic heterocycles. The molecule has 3 rings (SSSR count). The summed E-state index contributed by atoms with van der Waals surface area (Å²) in [6, 6.07) is 6.59. The zero-order valence-corrected chi connectivity index (χ0v) is 15.2. The van der Waals surface area contributed by atoms with Gasteiger partial charge in [-0.2, -0.15) is 0 Å². The zero-order chi connectivity index (χ0) is 17.2. The van der Waals surface area contributed by atoms with E-state index in [1.165, 1.54) is 11.1 Å². The van der Waals surface area contributed by atoms with Crippen molar-refractivity contribution in [2.24, 2.45) is 5.92 Å². The summed E-state index contributed by atoms with van der Waals surface area (Å²) in [5.41, 5.74) is 2.60. The molecule has 132 valence electrons. The molecule has 1 N–H and O–H groups in total. The summed E-state index contributed by atoms with van der Waals surface area (Å²) in [6.45, 7) is 10.1. The number of carbonyl (C=O) groups excluding carboxylic acids is 1. The average molecular weight is 330 g/mol. The van der Waals surface area contributed by atoms with Crippen molar-refractivity contribution in [3.63, 3.8) is 0 Å². The first-order valence-corrected chi connectivity index (χ1v) is 9.28. The summed E-state index contributed by atoms with van der Waals surface area (Å²) in [5.74, 6) is 1.48. The van der Waals surface area contributed by atoms with E-state index in [-0.39, 0.29) is 17.4 Å². The third kappa shape index (κ3) is 4.10. The summed E-state index contributed by atoms with van der Waals surface area (Å²) in [5, 5.41) is 3.03. The predicted octanol–water partition coefficient (Wildman–Crippen LogP) is 3.14. The molecule has 1 aromatic carbocycles. The van der Waals surface area contributed by atoms with Gasteiger partial charge in [-0.05, 0) is 63.4 Å². The van der Waals surface area contributed by atoms with Crippen LogP contribution >= 0.6 is 0 Å². The molecule has 0 spiro atoms. The van der Waals surface area contributed by atoms with E-state index in [1.807, 2.05) is 0 Å². The molecule has 4 nitrogen and oxygen atoms in total. The molecule has 0 bridgehead atoms. The van der Waals surface area contributed by atoms with Gasteiger partial charge in [0.25, 0.3) is 0 Å². The molecule has 0 atom stereocenters. The molecule has 4 heteroatoms. The Morgan fingerprint density at radius 3 is 2.79 bits per heavy atom. The molecular formula is C20H30N2O2. The number of piperidine rings is 1. The van der Waals surface area contributed by atoms with Gasteiger partial charge in [-0.1, -0.05) is 19.1 Å². The van der Waals surface area contributed by atoms with Gasteiger partial charge in [0, 0.05) is 25.4 Å². The quantitative estimate of drug-likeness (QED) is 0.902. The molecule has 24 heavy (non-hydrogen) atoms. The van der Waals surface area contributed by atoms with Gasteiger partial charge in [-0.15, -0.1) is 0 Å². The number of ether oxygens (including phenoxy) is 1. The minimum atomic E-state index is -0.0782. The SMILES string of the molecule is CCCNC(=O)C1CCN(Cc2ccc3c(c2)CC(C)(C)O3)CC1. The Kier molecular flexibility index (Phi) is 5.14. The van der Waals surface area contributed by atoms with Gasteiger partial charge in [-0.25, -0.2) is 0 Å². The van der Waals surface area contributed by atoms with E-state index >= 15 is 0 Å². The van der Waals surface area contributed by atoms with Gasteiger partial charge in [0.15, 0.2) is 0 Å². The van der Waals surface area contributed by atoms with Crippen LogP contribution in [0.5, 0.6) is 5.75 Å². The number of hydrogen-bond acceptors (Lipinski definition) is 3. The predicted molar refractivity (Wildman–Crippen MR) is 96.2 cm³/mol. The summed E-state index contributed by atoms with van der Waals surface area (Å²) in [7, 11) is 0. The van der Waals surface area contributed by atoms with Crippen LogP contribution in [0.15, 0.2) is 18.2 Å². The number of benzene rings is 1. The number of likely N-dealkylation sites (tertiary alicyclic amines) is 1. The second-order valence-electron chi connectivity index (χ2n) is 7.82. The smallest absolute Gasteiger partial charge is 0.223 e. The van der Waals surface area contributed by atoms with E-state index in [2.05, 4.69) is 49.2 Å². The van der Waals surface area contributed by atoms with Crippen molar-refractivity contribution >= 4 is 5.91 Å². The number of hydrogen-bond donors (Lipinski definition) is 1. The Labute approximate surface area is 145 Å². The standard InChI is InChI=1S/C20H30N2O2/c1-4-9-21-19(23)16-7-10-22(11-8-16)14-15-5-6-18-17(12-15)13-20(2,3)24-18/h5-6,12,16H,4,7-11,13-14H2,1-3H3,(H,21,23). The Hall–Kier alpha value is -1.55. The minimum absolute atomic E-state index is 0.0782. The second-order valence-corrected chi connectivity index (χ2v) is 7.82. The van der Waals surface area contributed by atoms with Crippen molar-refractivity contribution in [3.05, 3.63) is 29.3 Å². The summed E-state index contributed by atoms with van der Waals surface area (Å²) in [6.07, 6.45) is 3.92. The number of nitrogens with zero attached hydrogens (tertiary/aromatic N) is 1. The second kappa shape index (κ2) is 7.14. The van der Waals surface area contributed by atoms with Gasteiger partial charge in [0.1, 0.15) is 11.4 Å². The Morgan fingerprint density at radius 2 is 2.08 bits per heavy atom. The summed E-state index contributed by atoms with van der Waals surface area (Å²) < 4.78 is 5.95. The van der Waals surface area contributed by atoms with E-state index in [1.54, 1.807) is 0 Å². The maximum absolute atomic E-state index is 12.1. The highest BCUT2D eigenvalue weighted by atomic mass is 16.5. The lowest BCUT2D eigenvalue weighted by molar-refractivity contribution is -0.126. The molecule has 0 aliphatic carbocycles. The fourth-order valence-corrected chi connectivity index (χ4v) is 3.77. The monoisotopic (exact) mass is 330 g/mol. The lowest BCUT2D eigenvalue weighted by Gasteiger charge is -2.31. The number of nitrogens with one attached hydrogen (secondary N) is 1. The highest BCUT2D eigenvalue weighted by Gasteiger charge is 2.30. The fraction of sp³-hybridized carbons (Fsp3) is 0.650. The molecule has 1 aromatic rings. The molecule has 0 radical (unpaired) electrons. The van der Waals surface area contributed by atoms with E-state index in [4.69, 9.17) is 4.74 Å². The van der Waals surface area contributed by atoms with Crippen LogP contribution in [0.1, 0.15) is 51.2 Å². The Bertz CT molecular complexity index is 589. The van der Waals surface area contributed by atoms with Crippen LogP contribution in [0, 0.1) is 5.92 Å². The first kappa shape index (κ1) is 17.3. The lowest BCUT2D eigenvalue weighted by Crippen LogP contribution is -2.40. The third-order valence-electron chi connectivity index (χ3n) is 5.04. The first-order chi connectivity index (χ1) is 11.5. The van der Waals surface area contributed by atoms with Gasteiger partial charge in [0.2, 0.25) is 5.91 Å². The molecule has 1 amide bonds. The van der Waals surface area contributed by atoms with Crippen molar-refractivity contribution < 1.29 is 9.53 Å². The molecule has 0 saturated carbocycles. The van der Waals surface area contributed by atoms with Crippen LogP contribution < -0.4 is 10.1 Å². The van der Waals surface area contributed by atoms with Gasteiger partial charge < -0.3 is 10.1 Å². The topological polar surface area (TPSA) is 41.6 Å². The number of rotatable bonds is 5. The van der Waals surface area contributed by atoms with Crippen molar-refractivity contribution in [1.82, 2.24) is 10.2 Å². The first-order valence-electron chi connectivity index (χ1n) is 9.28. The molecule has 0 unspecified atom stereocenters. The molecule has 2 heterocycles. The summed E-state index contributed by atoms with van der Waals surface area (Å²) >= 11 is 0. The van der Waals surface area contributed by atoms with Crippen molar-refractivity contribution in [2.75, 3.05) is 19.6 Å². The van der Waals surface area contributed by atoms with Crippen LogP contribution in [0.3, 0.4) is 0 Å². The maximum atomic E-state index is 12.1. The highest BCUT2D eigenvalue weighted by molar-refractivity contribution is 5.78. The average Bonchev–Trinajstić information content (AvgIpc) is 2.86.